The number of amides is 4. The molecule has 0 bridgehead atoms. The molecule has 1 fully saturated rings. The minimum Gasteiger partial charge on any atom is -0.484 e. The van der Waals surface area contributed by atoms with Crippen molar-refractivity contribution in [1.82, 2.24) is 35.5 Å². The summed E-state index contributed by atoms with van der Waals surface area (Å²) >= 11 is 0.959. The number of benzene rings is 5. The summed E-state index contributed by atoms with van der Waals surface area (Å²) < 4.78 is 25.5. The highest BCUT2D eigenvalue weighted by atomic mass is 32.2. The topological polar surface area (TPSA) is 234 Å². The summed E-state index contributed by atoms with van der Waals surface area (Å²) in [6.45, 7) is 13.6. The molecule has 7 aromatic rings. The number of aromatic amines is 1. The molecule has 1 aliphatic rings. The van der Waals surface area contributed by atoms with E-state index in [1.807, 2.05) is 79.1 Å². The van der Waals surface area contributed by atoms with Gasteiger partial charge in [0.1, 0.15) is 28.7 Å². The average molecular weight is 1050 g/mol. The molecule has 20 heteroatoms. The SMILES string of the molecule is CCCc1nc(CNc2c(C)cc(Oc3ccc(NC(=O)COc4ccc(CC5SC(=O)NC5=O)cc4)c(N(C)C(=O)OC(C)(C)C)c3)cc2C)c(C(=O)OCC)n1Cc1ccc(-c2ccccc2-c2nnn[nH]2)cc1. The lowest BCUT2D eigenvalue weighted by atomic mass is 9.98. The van der Waals surface area contributed by atoms with Crippen molar-refractivity contribution in [1.29, 1.82) is 0 Å². The van der Waals surface area contributed by atoms with E-state index in [1.54, 1.807) is 77.2 Å². The van der Waals surface area contributed by atoms with Gasteiger partial charge in [-0.1, -0.05) is 79.3 Å². The normalized spacial score (nSPS) is 13.2. The molecule has 4 N–H and O–H groups in total. The van der Waals surface area contributed by atoms with E-state index in [9.17, 15) is 24.0 Å². The highest BCUT2D eigenvalue weighted by Crippen LogP contribution is 2.36. The second-order valence-corrected chi connectivity index (χ2v) is 20.2. The molecule has 0 saturated carbocycles. The number of hydrogen-bond acceptors (Lipinski definition) is 15. The van der Waals surface area contributed by atoms with E-state index in [0.29, 0.717) is 65.2 Å². The Labute approximate surface area is 444 Å². The van der Waals surface area contributed by atoms with E-state index in [1.165, 1.54) is 4.90 Å². The van der Waals surface area contributed by atoms with Gasteiger partial charge in [-0.2, -0.15) is 0 Å². The summed E-state index contributed by atoms with van der Waals surface area (Å²) in [4.78, 5) is 70.5. The third kappa shape index (κ3) is 13.2. The molecule has 5 aromatic carbocycles. The monoisotopic (exact) mass is 1050 g/mol. The third-order valence-electron chi connectivity index (χ3n) is 12.1. The molecule has 394 valence electrons. The molecule has 0 radical (unpaired) electrons. The number of carbonyl (C=O) groups excluding carboxylic acids is 5. The fraction of sp³-hybridized carbons (Fsp3) is 0.304. The lowest BCUT2D eigenvalue weighted by molar-refractivity contribution is -0.119. The summed E-state index contributed by atoms with van der Waals surface area (Å²) in [5.74, 6) is 1.42. The first-order valence-electron chi connectivity index (χ1n) is 24.8. The zero-order valence-electron chi connectivity index (χ0n) is 43.6. The fourth-order valence-corrected chi connectivity index (χ4v) is 9.49. The molecule has 0 aliphatic carbocycles. The van der Waals surface area contributed by atoms with Crippen LogP contribution in [-0.4, -0.2) is 90.4 Å². The Morgan fingerprint density at radius 2 is 1.55 bits per heavy atom. The second-order valence-electron chi connectivity index (χ2n) is 19.0. The van der Waals surface area contributed by atoms with Gasteiger partial charge in [0, 0.05) is 37.3 Å². The van der Waals surface area contributed by atoms with Gasteiger partial charge in [0.25, 0.3) is 11.1 Å². The fourth-order valence-electron chi connectivity index (χ4n) is 8.63. The van der Waals surface area contributed by atoms with Crippen LogP contribution in [0.3, 0.4) is 0 Å². The maximum Gasteiger partial charge on any atom is 0.414 e. The van der Waals surface area contributed by atoms with E-state index in [2.05, 4.69) is 43.5 Å². The van der Waals surface area contributed by atoms with Crippen LogP contribution in [0.25, 0.3) is 22.5 Å². The number of nitrogens with zero attached hydrogens (tertiary/aromatic N) is 6. The molecule has 2 aromatic heterocycles. The molecule has 4 amide bonds. The summed E-state index contributed by atoms with van der Waals surface area (Å²) in [5, 5.41) is 22.3. The molecule has 1 aliphatic heterocycles. The quantitative estimate of drug-likeness (QED) is 0.0520. The number of nitrogens with one attached hydrogen (secondary N) is 4. The maximum absolute atomic E-state index is 13.8. The van der Waals surface area contributed by atoms with Gasteiger partial charge in [0.05, 0.1) is 35.5 Å². The van der Waals surface area contributed by atoms with E-state index in [0.717, 1.165) is 68.6 Å². The number of H-pyrrole nitrogens is 1. The number of aryl methyl sites for hydroxylation is 3. The van der Waals surface area contributed by atoms with Crippen molar-refractivity contribution in [3.8, 4) is 39.8 Å². The van der Waals surface area contributed by atoms with Crippen LogP contribution in [0.4, 0.5) is 26.7 Å². The van der Waals surface area contributed by atoms with Crippen LogP contribution in [0.2, 0.25) is 0 Å². The Morgan fingerprint density at radius 1 is 0.855 bits per heavy atom. The zero-order chi connectivity index (χ0) is 54.1. The molecule has 8 rings (SSSR count). The number of ether oxygens (including phenoxy) is 4. The molecule has 76 heavy (non-hydrogen) atoms. The first-order valence-corrected chi connectivity index (χ1v) is 25.7. The zero-order valence-corrected chi connectivity index (χ0v) is 44.4. The molecule has 1 unspecified atom stereocenters. The average Bonchev–Trinajstić information content (AvgIpc) is 4.14. The Kier molecular flexibility index (Phi) is 16.8. The van der Waals surface area contributed by atoms with Gasteiger partial charge in [-0.15, -0.1) is 5.10 Å². The minimum absolute atomic E-state index is 0.202. The Bertz CT molecular complexity index is 3220. The number of hydrogen-bond donors (Lipinski definition) is 4. The van der Waals surface area contributed by atoms with Crippen molar-refractivity contribution >= 4 is 57.9 Å². The summed E-state index contributed by atoms with van der Waals surface area (Å²) in [5.41, 5.74) is 7.98. The van der Waals surface area contributed by atoms with Crippen LogP contribution in [-0.2, 0) is 45.0 Å². The van der Waals surface area contributed by atoms with Crippen molar-refractivity contribution < 1.29 is 42.9 Å². The van der Waals surface area contributed by atoms with Gasteiger partial charge >= 0.3 is 12.1 Å². The van der Waals surface area contributed by atoms with Crippen LogP contribution in [0.1, 0.15) is 85.3 Å². The molecule has 1 atom stereocenters. The standard InChI is InChI=1S/C56H60N10O9S/c1-9-13-47-58-44(50(53(69)72-10-2)66(47)31-36-16-20-37(21-17-36)41-14-11-12-15-42(41)51-61-63-64-62-51)30-57-49-33(3)26-40(27-34(49)4)74-39-24-25-43(45(29-39)65(8)55(71)75-56(5,6)7)59-48(67)32-73-38-22-18-35(19-23-38)28-46-52(68)60-54(70)76-46/h11-12,14-27,29,46,57H,9-10,13,28,30-32H2,1-8H3,(H,59,67)(H,60,68,70)(H,61,62,63,64). The smallest absolute Gasteiger partial charge is 0.414 e. The van der Waals surface area contributed by atoms with Crippen molar-refractivity contribution in [2.75, 3.05) is 35.8 Å². The molecule has 19 nitrogen and oxygen atoms in total. The third-order valence-corrected chi connectivity index (χ3v) is 13.1. The number of carbonyl (C=O) groups is 5. The van der Waals surface area contributed by atoms with E-state index >= 15 is 0 Å². The van der Waals surface area contributed by atoms with Gasteiger partial charge < -0.3 is 34.1 Å². The summed E-state index contributed by atoms with van der Waals surface area (Å²) in [7, 11) is 1.54. The number of esters is 1. The van der Waals surface area contributed by atoms with E-state index in [-0.39, 0.29) is 30.9 Å². The predicted octanol–water partition coefficient (Wildman–Crippen LogP) is 10.2. The van der Waals surface area contributed by atoms with Gasteiger partial charge in [0.2, 0.25) is 5.91 Å². The number of imide groups is 1. The summed E-state index contributed by atoms with van der Waals surface area (Å²) in [6, 6.07) is 31.7. The number of tetrazole rings is 1. The number of aromatic nitrogens is 6. The van der Waals surface area contributed by atoms with Crippen LogP contribution in [0.5, 0.6) is 17.2 Å². The highest BCUT2D eigenvalue weighted by Gasteiger charge is 2.32. The van der Waals surface area contributed by atoms with E-state index < -0.39 is 28.8 Å². The predicted molar refractivity (Wildman–Crippen MR) is 290 cm³/mol. The minimum atomic E-state index is -0.796. The number of thioether (sulfide) groups is 1. The highest BCUT2D eigenvalue weighted by molar-refractivity contribution is 8.15. The number of imidazole rings is 1. The van der Waals surface area contributed by atoms with Crippen LogP contribution < -0.4 is 30.3 Å². The van der Waals surface area contributed by atoms with Gasteiger partial charge in [-0.3, -0.25) is 24.6 Å². The molecular weight excluding hydrogens is 989 g/mol. The Balaban J connectivity index is 0.970. The lowest BCUT2D eigenvalue weighted by Crippen LogP contribution is -2.34. The first-order chi connectivity index (χ1) is 36.5. The lowest BCUT2D eigenvalue weighted by Gasteiger charge is -2.26. The van der Waals surface area contributed by atoms with Crippen molar-refractivity contribution in [3.63, 3.8) is 0 Å². The molecular formula is C56H60N10O9S. The number of rotatable bonds is 20. The van der Waals surface area contributed by atoms with Gasteiger partial charge in [-0.05, 0) is 135 Å². The van der Waals surface area contributed by atoms with Crippen LogP contribution in [0.15, 0.2) is 103 Å². The molecule has 0 spiro atoms. The van der Waals surface area contributed by atoms with Crippen LogP contribution >= 0.6 is 11.8 Å². The Morgan fingerprint density at radius 3 is 2.20 bits per heavy atom. The molecule has 3 heterocycles. The van der Waals surface area contributed by atoms with Crippen molar-refractivity contribution in [3.05, 3.63) is 143 Å². The van der Waals surface area contributed by atoms with Gasteiger partial charge in [0.15, 0.2) is 18.1 Å². The van der Waals surface area contributed by atoms with Crippen molar-refractivity contribution in [2.24, 2.45) is 0 Å². The van der Waals surface area contributed by atoms with E-state index in [4.69, 9.17) is 23.9 Å². The molecule has 1 saturated heterocycles. The largest absolute Gasteiger partial charge is 0.484 e. The van der Waals surface area contributed by atoms with Crippen LogP contribution in [0, 0.1) is 13.8 Å². The second kappa shape index (κ2) is 23.8. The van der Waals surface area contributed by atoms with Gasteiger partial charge in [-0.25, -0.2) is 19.7 Å². The maximum atomic E-state index is 13.8. The van der Waals surface area contributed by atoms with Crippen molar-refractivity contribution in [2.45, 2.75) is 91.7 Å². The Hall–Kier alpha value is -8.52. The number of anilines is 3. The first kappa shape index (κ1) is 53.8. The summed E-state index contributed by atoms with van der Waals surface area (Å²) in [6.07, 6.45) is 1.19.